The van der Waals surface area contributed by atoms with Crippen molar-refractivity contribution in [2.45, 2.75) is 39.7 Å². The van der Waals surface area contributed by atoms with Crippen molar-refractivity contribution >= 4 is 34.8 Å². The summed E-state index contributed by atoms with van der Waals surface area (Å²) in [5, 5.41) is 3.14. The third-order valence-corrected chi connectivity index (χ3v) is 5.11. The minimum Gasteiger partial charge on any atom is -0.453 e. The number of imidazole rings is 1. The van der Waals surface area contributed by atoms with Gasteiger partial charge < -0.3 is 20.8 Å². The summed E-state index contributed by atoms with van der Waals surface area (Å²) in [5.74, 6) is -0.119. The Morgan fingerprint density at radius 2 is 2.03 bits per heavy atom. The van der Waals surface area contributed by atoms with Crippen LogP contribution in [0.15, 0.2) is 30.3 Å². The number of aryl methyl sites for hydroxylation is 1. The number of ether oxygens (including phenoxy) is 1. The summed E-state index contributed by atoms with van der Waals surface area (Å²) in [7, 11) is 0. The number of amides is 1. The van der Waals surface area contributed by atoms with Crippen LogP contribution in [0.3, 0.4) is 0 Å². The molecule has 0 saturated heterocycles. The summed E-state index contributed by atoms with van der Waals surface area (Å²) < 4.78 is 20.7. The Hall–Kier alpha value is -2.77. The predicted octanol–water partition coefficient (Wildman–Crippen LogP) is 5.85. The lowest BCUT2D eigenvalue weighted by Crippen LogP contribution is -2.25. The van der Waals surface area contributed by atoms with E-state index in [0.29, 0.717) is 22.8 Å². The fourth-order valence-corrected chi connectivity index (χ4v) is 3.39. The highest BCUT2D eigenvalue weighted by molar-refractivity contribution is 6.32. The third-order valence-electron chi connectivity index (χ3n) is 4.59. The molecular formula is C22H23Cl2FN4O2. The number of carbonyl (C=O) groups is 1. The molecule has 2 aromatic carbocycles. The maximum atomic E-state index is 15.1. The zero-order valence-electron chi connectivity index (χ0n) is 17.4. The highest BCUT2D eigenvalue weighted by Gasteiger charge is 2.20. The van der Waals surface area contributed by atoms with Crippen molar-refractivity contribution < 1.29 is 13.9 Å². The lowest BCUT2D eigenvalue weighted by Gasteiger charge is -2.13. The van der Waals surface area contributed by atoms with Crippen LogP contribution in [-0.4, -0.2) is 15.9 Å². The van der Waals surface area contributed by atoms with E-state index in [9.17, 15) is 4.79 Å². The Balaban J connectivity index is 1.80. The van der Waals surface area contributed by atoms with Crippen LogP contribution in [0.4, 0.5) is 10.1 Å². The van der Waals surface area contributed by atoms with Gasteiger partial charge in [-0.15, -0.1) is 0 Å². The molecule has 3 aromatic rings. The quantitative estimate of drug-likeness (QED) is 0.382. The molecule has 0 unspecified atom stereocenters. The first-order chi connectivity index (χ1) is 14.7. The van der Waals surface area contributed by atoms with Crippen molar-refractivity contribution in [3.8, 4) is 11.5 Å². The van der Waals surface area contributed by atoms with Gasteiger partial charge in [-0.05, 0) is 24.6 Å². The average Bonchev–Trinajstić information content (AvgIpc) is 3.14. The summed E-state index contributed by atoms with van der Waals surface area (Å²) in [6, 6.07) is 7.54. The van der Waals surface area contributed by atoms with Gasteiger partial charge in [0.2, 0.25) is 0 Å². The van der Waals surface area contributed by atoms with Crippen molar-refractivity contribution in [3.63, 3.8) is 0 Å². The van der Waals surface area contributed by atoms with Crippen LogP contribution in [0, 0.1) is 5.82 Å². The van der Waals surface area contributed by atoms with E-state index in [1.165, 1.54) is 24.3 Å². The van der Waals surface area contributed by atoms with Crippen LogP contribution in [-0.2, 0) is 13.0 Å². The molecule has 31 heavy (non-hydrogen) atoms. The third kappa shape index (κ3) is 5.29. The fraction of sp³-hybridized carbons (Fsp3) is 0.273. The van der Waals surface area contributed by atoms with Crippen molar-refractivity contribution in [2.24, 2.45) is 0 Å². The van der Waals surface area contributed by atoms with Crippen LogP contribution in [0.5, 0.6) is 11.5 Å². The lowest BCUT2D eigenvalue weighted by atomic mass is 10.2. The summed E-state index contributed by atoms with van der Waals surface area (Å²) in [6.45, 7) is 5.83. The second-order valence-corrected chi connectivity index (χ2v) is 8.16. The molecule has 9 heteroatoms. The summed E-state index contributed by atoms with van der Waals surface area (Å²) in [5.41, 5.74) is 7.38. The number of nitrogens with zero attached hydrogens (tertiary/aromatic N) is 1. The number of hydrogen-bond acceptors (Lipinski definition) is 4. The van der Waals surface area contributed by atoms with Gasteiger partial charge >= 0.3 is 0 Å². The van der Waals surface area contributed by atoms with Gasteiger partial charge in [-0.1, -0.05) is 50.0 Å². The zero-order valence-corrected chi connectivity index (χ0v) is 18.9. The number of rotatable bonds is 7. The van der Waals surface area contributed by atoms with E-state index >= 15 is 4.39 Å². The Morgan fingerprint density at radius 3 is 2.68 bits per heavy atom. The Bertz CT molecular complexity index is 1090. The number of nitrogens with one attached hydrogen (secondary N) is 2. The number of carbonyl (C=O) groups excluding carboxylic acids is 1. The van der Waals surface area contributed by atoms with Gasteiger partial charge in [-0.25, -0.2) is 9.37 Å². The molecule has 1 aromatic heterocycles. The average molecular weight is 465 g/mol. The number of nitrogens with two attached hydrogens (primary N) is 1. The molecule has 164 valence electrons. The minimum atomic E-state index is -0.688. The molecule has 1 amide bonds. The van der Waals surface area contributed by atoms with E-state index in [1.54, 1.807) is 6.07 Å². The molecule has 0 aliphatic rings. The maximum absolute atomic E-state index is 15.1. The summed E-state index contributed by atoms with van der Waals surface area (Å²) >= 11 is 12.1. The summed E-state index contributed by atoms with van der Waals surface area (Å²) in [6.07, 6.45) is 0.624. The number of halogens is 3. The van der Waals surface area contributed by atoms with Crippen LogP contribution in [0.1, 0.15) is 54.3 Å². The van der Waals surface area contributed by atoms with Gasteiger partial charge in [0.05, 0.1) is 5.02 Å². The van der Waals surface area contributed by atoms with Crippen molar-refractivity contribution in [2.75, 3.05) is 5.73 Å². The number of H-pyrrole nitrogens is 1. The molecule has 0 saturated carbocycles. The first-order valence-electron chi connectivity index (χ1n) is 9.77. The van der Waals surface area contributed by atoms with Crippen LogP contribution in [0.25, 0.3) is 0 Å². The molecule has 3 rings (SSSR count). The van der Waals surface area contributed by atoms with E-state index in [2.05, 4.69) is 15.3 Å². The van der Waals surface area contributed by atoms with Crippen LogP contribution < -0.4 is 15.8 Å². The molecule has 1 heterocycles. The molecular weight excluding hydrogens is 442 g/mol. The second kappa shape index (κ2) is 9.58. The van der Waals surface area contributed by atoms with Gasteiger partial charge in [0.15, 0.2) is 11.6 Å². The number of anilines is 1. The molecule has 0 aliphatic heterocycles. The molecule has 0 atom stereocenters. The number of benzene rings is 2. The topological polar surface area (TPSA) is 93.0 Å². The molecule has 0 aliphatic carbocycles. The monoisotopic (exact) mass is 464 g/mol. The van der Waals surface area contributed by atoms with E-state index in [-0.39, 0.29) is 40.5 Å². The number of aromatic nitrogens is 2. The molecule has 0 bridgehead atoms. The minimum absolute atomic E-state index is 0.0666. The fourth-order valence-electron chi connectivity index (χ4n) is 2.97. The number of hydrogen-bond donors (Lipinski definition) is 3. The Labute approximate surface area is 189 Å². The van der Waals surface area contributed by atoms with Crippen LogP contribution >= 0.6 is 23.2 Å². The molecule has 0 fully saturated rings. The van der Waals surface area contributed by atoms with Gasteiger partial charge in [0.25, 0.3) is 5.91 Å². The SMILES string of the molecule is CCc1[nH]c(C(C)C)nc1C(=O)NCc1ccc(Cl)c(Oc2cc(N)cc(Cl)c2)c1F. The number of aromatic amines is 1. The van der Waals surface area contributed by atoms with Crippen molar-refractivity contribution in [1.29, 1.82) is 0 Å². The number of nitrogen functional groups attached to an aromatic ring is 1. The summed E-state index contributed by atoms with van der Waals surface area (Å²) in [4.78, 5) is 20.2. The Kier molecular flexibility index (Phi) is 7.08. The standard InChI is InChI=1S/C22H23Cl2FN4O2/c1-4-17-19(29-21(28-17)11(2)3)22(30)27-10-12-5-6-16(24)20(18(12)25)31-15-8-13(23)7-14(26)9-15/h5-9,11H,4,10,26H2,1-3H3,(H,27,30)(H,28,29). The second-order valence-electron chi connectivity index (χ2n) is 7.31. The maximum Gasteiger partial charge on any atom is 0.272 e. The highest BCUT2D eigenvalue weighted by atomic mass is 35.5. The lowest BCUT2D eigenvalue weighted by molar-refractivity contribution is 0.0945. The van der Waals surface area contributed by atoms with Gasteiger partial charge in [-0.2, -0.15) is 0 Å². The van der Waals surface area contributed by atoms with Crippen LogP contribution in [0.2, 0.25) is 10.0 Å². The first-order valence-corrected chi connectivity index (χ1v) is 10.5. The predicted molar refractivity (Wildman–Crippen MR) is 121 cm³/mol. The van der Waals surface area contributed by atoms with Gasteiger partial charge in [0, 0.05) is 40.5 Å². The smallest absolute Gasteiger partial charge is 0.272 e. The van der Waals surface area contributed by atoms with E-state index < -0.39 is 5.82 Å². The van der Waals surface area contributed by atoms with E-state index in [0.717, 1.165) is 11.5 Å². The molecule has 4 N–H and O–H groups in total. The molecule has 6 nitrogen and oxygen atoms in total. The highest BCUT2D eigenvalue weighted by Crippen LogP contribution is 2.35. The molecule has 0 radical (unpaired) electrons. The largest absolute Gasteiger partial charge is 0.453 e. The van der Waals surface area contributed by atoms with Crippen molar-refractivity contribution in [1.82, 2.24) is 15.3 Å². The zero-order chi connectivity index (χ0) is 22.7. The van der Waals surface area contributed by atoms with Crippen molar-refractivity contribution in [3.05, 3.63) is 69.0 Å². The normalized spacial score (nSPS) is 11.1. The molecule has 0 spiro atoms. The first kappa shape index (κ1) is 22.9. The van der Waals surface area contributed by atoms with Gasteiger partial charge in [-0.3, -0.25) is 4.79 Å². The van der Waals surface area contributed by atoms with Gasteiger partial charge in [0.1, 0.15) is 17.3 Å². The Morgan fingerprint density at radius 1 is 1.29 bits per heavy atom. The van der Waals surface area contributed by atoms with E-state index in [1.807, 2.05) is 20.8 Å². The van der Waals surface area contributed by atoms with E-state index in [4.69, 9.17) is 33.7 Å².